The zero-order chi connectivity index (χ0) is 11.4. The maximum Gasteiger partial charge on any atom is 0.252 e. The van der Waals surface area contributed by atoms with E-state index in [-0.39, 0.29) is 11.9 Å². The lowest BCUT2D eigenvalue weighted by molar-refractivity contribution is -0.121. The quantitative estimate of drug-likeness (QED) is 0.820. The largest absolute Gasteiger partial charge is 0.387 e. The summed E-state index contributed by atoms with van der Waals surface area (Å²) in [5, 5.41) is 8.89. The van der Waals surface area contributed by atoms with E-state index in [1.165, 1.54) is 0 Å². The van der Waals surface area contributed by atoms with E-state index in [1.807, 2.05) is 45.0 Å². The molecule has 1 N–H and O–H groups in total. The number of carbonyl (C=O) groups excluding carboxylic acids is 1. The van der Waals surface area contributed by atoms with Crippen LogP contribution in [-0.2, 0) is 4.79 Å². The summed E-state index contributed by atoms with van der Waals surface area (Å²) in [4.78, 5) is 13.1. The van der Waals surface area contributed by atoms with Gasteiger partial charge in [0, 0.05) is 11.7 Å². The predicted molar refractivity (Wildman–Crippen MR) is 60.9 cm³/mol. The monoisotopic (exact) mass is 207 g/mol. The third kappa shape index (κ3) is 2.80. The summed E-state index contributed by atoms with van der Waals surface area (Å²) < 4.78 is 0. The number of hydrogen-bond acceptors (Lipinski definition) is 2. The number of carbonyl (C=O) groups is 1. The van der Waals surface area contributed by atoms with Crippen molar-refractivity contribution in [1.82, 2.24) is 0 Å². The summed E-state index contributed by atoms with van der Waals surface area (Å²) in [7, 11) is 0. The molecule has 15 heavy (non-hydrogen) atoms. The van der Waals surface area contributed by atoms with Crippen LogP contribution < -0.4 is 4.90 Å². The van der Waals surface area contributed by atoms with E-state index < -0.39 is 6.61 Å². The Morgan fingerprint density at radius 3 is 2.60 bits per heavy atom. The number of aliphatic hydroxyl groups is 1. The average Bonchev–Trinajstić information content (AvgIpc) is 2.17. The van der Waals surface area contributed by atoms with Gasteiger partial charge in [-0.1, -0.05) is 12.1 Å². The minimum Gasteiger partial charge on any atom is -0.387 e. The highest BCUT2D eigenvalue weighted by atomic mass is 16.3. The molecule has 0 aliphatic heterocycles. The molecule has 0 saturated heterocycles. The Labute approximate surface area is 90.3 Å². The van der Waals surface area contributed by atoms with Crippen molar-refractivity contribution in [2.75, 3.05) is 11.5 Å². The summed E-state index contributed by atoms with van der Waals surface area (Å²) in [6.45, 7) is 5.38. The topological polar surface area (TPSA) is 40.5 Å². The number of aliphatic hydroxyl groups excluding tert-OH is 1. The highest BCUT2D eigenvalue weighted by Gasteiger charge is 2.17. The van der Waals surface area contributed by atoms with E-state index in [4.69, 9.17) is 5.11 Å². The van der Waals surface area contributed by atoms with Crippen molar-refractivity contribution in [1.29, 1.82) is 0 Å². The van der Waals surface area contributed by atoms with Crippen LogP contribution in [0.25, 0.3) is 0 Å². The molecule has 3 nitrogen and oxygen atoms in total. The molecule has 0 heterocycles. The van der Waals surface area contributed by atoms with E-state index in [0.717, 1.165) is 11.3 Å². The minimum absolute atomic E-state index is 0.0476. The van der Waals surface area contributed by atoms with Crippen LogP contribution in [0.5, 0.6) is 0 Å². The molecule has 1 amide bonds. The fourth-order valence-corrected chi connectivity index (χ4v) is 1.58. The molecule has 1 aromatic carbocycles. The third-order valence-electron chi connectivity index (χ3n) is 2.20. The maximum atomic E-state index is 11.5. The minimum atomic E-state index is -0.452. The van der Waals surface area contributed by atoms with Gasteiger partial charge in [0.25, 0.3) is 5.91 Å². The number of anilines is 1. The van der Waals surface area contributed by atoms with Crippen molar-refractivity contribution >= 4 is 11.6 Å². The molecule has 1 aromatic rings. The van der Waals surface area contributed by atoms with Gasteiger partial charge in [-0.15, -0.1) is 0 Å². The van der Waals surface area contributed by atoms with Crippen LogP contribution in [0.2, 0.25) is 0 Å². The van der Waals surface area contributed by atoms with Gasteiger partial charge in [-0.05, 0) is 38.5 Å². The van der Waals surface area contributed by atoms with Crippen LogP contribution in [0.15, 0.2) is 24.3 Å². The molecule has 0 saturated carbocycles. The fraction of sp³-hybridized carbons (Fsp3) is 0.417. The Morgan fingerprint density at radius 1 is 1.47 bits per heavy atom. The standard InChI is InChI=1S/C12H17NO2/c1-9(2)13(12(15)8-14)11-6-4-5-10(3)7-11/h4-7,9,14H,8H2,1-3H3. The highest BCUT2D eigenvalue weighted by molar-refractivity contribution is 5.94. The van der Waals surface area contributed by atoms with E-state index in [0.29, 0.717) is 0 Å². The lowest BCUT2D eigenvalue weighted by atomic mass is 10.2. The lowest BCUT2D eigenvalue weighted by Crippen LogP contribution is -2.38. The molecule has 0 unspecified atom stereocenters. The lowest BCUT2D eigenvalue weighted by Gasteiger charge is -2.26. The molecular weight excluding hydrogens is 190 g/mol. The van der Waals surface area contributed by atoms with Crippen molar-refractivity contribution in [3.8, 4) is 0 Å². The average molecular weight is 207 g/mol. The Hall–Kier alpha value is -1.35. The predicted octanol–water partition coefficient (Wildman–Crippen LogP) is 1.73. The van der Waals surface area contributed by atoms with E-state index in [2.05, 4.69) is 0 Å². The van der Waals surface area contributed by atoms with Crippen LogP contribution in [-0.4, -0.2) is 23.7 Å². The summed E-state index contributed by atoms with van der Waals surface area (Å²) in [5.74, 6) is -0.268. The van der Waals surface area contributed by atoms with Crippen LogP contribution in [0.1, 0.15) is 19.4 Å². The zero-order valence-electron chi connectivity index (χ0n) is 9.40. The van der Waals surface area contributed by atoms with Crippen LogP contribution in [0, 0.1) is 6.92 Å². The molecule has 0 spiro atoms. The SMILES string of the molecule is Cc1cccc(N(C(=O)CO)C(C)C)c1. The summed E-state index contributed by atoms with van der Waals surface area (Å²) >= 11 is 0. The molecule has 0 aliphatic rings. The van der Waals surface area contributed by atoms with Crippen LogP contribution in [0.3, 0.4) is 0 Å². The third-order valence-corrected chi connectivity index (χ3v) is 2.20. The maximum absolute atomic E-state index is 11.5. The summed E-state index contributed by atoms with van der Waals surface area (Å²) in [6, 6.07) is 7.75. The van der Waals surface area contributed by atoms with Gasteiger partial charge in [0.1, 0.15) is 6.61 Å². The van der Waals surface area contributed by atoms with Crippen molar-refractivity contribution < 1.29 is 9.90 Å². The number of rotatable bonds is 3. The zero-order valence-corrected chi connectivity index (χ0v) is 9.40. The van der Waals surface area contributed by atoms with Gasteiger partial charge in [0.15, 0.2) is 0 Å². The molecular formula is C12H17NO2. The molecule has 0 bridgehead atoms. The second-order valence-corrected chi connectivity index (χ2v) is 3.85. The number of hydrogen-bond donors (Lipinski definition) is 1. The first-order chi connectivity index (χ1) is 7.06. The normalized spacial score (nSPS) is 10.5. The van der Waals surface area contributed by atoms with E-state index in [1.54, 1.807) is 4.90 Å². The van der Waals surface area contributed by atoms with Gasteiger partial charge in [-0.25, -0.2) is 0 Å². The molecule has 0 aromatic heterocycles. The number of aryl methyl sites for hydroxylation is 1. The Morgan fingerprint density at radius 2 is 2.13 bits per heavy atom. The van der Waals surface area contributed by atoms with Crippen LogP contribution in [0.4, 0.5) is 5.69 Å². The van der Waals surface area contributed by atoms with Crippen molar-refractivity contribution in [2.24, 2.45) is 0 Å². The van der Waals surface area contributed by atoms with Crippen molar-refractivity contribution in [3.05, 3.63) is 29.8 Å². The molecule has 3 heteroatoms. The van der Waals surface area contributed by atoms with Crippen molar-refractivity contribution in [3.63, 3.8) is 0 Å². The summed E-state index contributed by atoms with van der Waals surface area (Å²) in [6.07, 6.45) is 0. The highest BCUT2D eigenvalue weighted by Crippen LogP contribution is 2.18. The molecule has 0 aliphatic carbocycles. The van der Waals surface area contributed by atoms with Gasteiger partial charge < -0.3 is 10.0 Å². The molecule has 82 valence electrons. The fourth-order valence-electron chi connectivity index (χ4n) is 1.58. The Balaban J connectivity index is 3.04. The first-order valence-corrected chi connectivity index (χ1v) is 5.06. The number of amides is 1. The van der Waals surface area contributed by atoms with E-state index >= 15 is 0 Å². The van der Waals surface area contributed by atoms with Gasteiger partial charge in [0.05, 0.1) is 0 Å². The number of benzene rings is 1. The van der Waals surface area contributed by atoms with Crippen molar-refractivity contribution in [2.45, 2.75) is 26.8 Å². The number of nitrogens with zero attached hydrogens (tertiary/aromatic N) is 1. The molecule has 0 radical (unpaired) electrons. The van der Waals surface area contributed by atoms with Crippen LogP contribution >= 0.6 is 0 Å². The van der Waals surface area contributed by atoms with Gasteiger partial charge in [-0.3, -0.25) is 4.79 Å². The smallest absolute Gasteiger partial charge is 0.252 e. The summed E-state index contributed by atoms with van der Waals surface area (Å²) in [5.41, 5.74) is 1.94. The molecule has 1 rings (SSSR count). The van der Waals surface area contributed by atoms with E-state index in [9.17, 15) is 4.79 Å². The van der Waals surface area contributed by atoms with Gasteiger partial charge in [0.2, 0.25) is 0 Å². The second-order valence-electron chi connectivity index (χ2n) is 3.85. The van der Waals surface area contributed by atoms with Gasteiger partial charge >= 0.3 is 0 Å². The first-order valence-electron chi connectivity index (χ1n) is 5.06. The molecule has 0 fully saturated rings. The van der Waals surface area contributed by atoms with Gasteiger partial charge in [-0.2, -0.15) is 0 Å². The Bertz CT molecular complexity index is 347. The second kappa shape index (κ2) is 4.94. The first kappa shape index (κ1) is 11.7. The Kier molecular flexibility index (Phi) is 3.86. The molecule has 0 atom stereocenters.